The van der Waals surface area contributed by atoms with Gasteiger partial charge in [0.2, 0.25) is 0 Å². The molecule has 0 bridgehead atoms. The van der Waals surface area contributed by atoms with Gasteiger partial charge in [-0.1, -0.05) is 42.5 Å². The SMILES string of the molecule is O=C(COC(=O)C(Cc1ccccc1)N1C(=O)c2ccccc2C1=O)NCC(F)(F)F. The molecule has 0 aliphatic carbocycles. The van der Waals surface area contributed by atoms with Gasteiger partial charge in [0.15, 0.2) is 6.61 Å². The van der Waals surface area contributed by atoms with E-state index in [0.29, 0.717) is 5.56 Å². The fourth-order valence-corrected chi connectivity index (χ4v) is 3.09. The zero-order valence-corrected chi connectivity index (χ0v) is 16.0. The van der Waals surface area contributed by atoms with Crippen molar-refractivity contribution < 1.29 is 37.1 Å². The van der Waals surface area contributed by atoms with E-state index in [4.69, 9.17) is 4.74 Å². The number of nitrogens with zero attached hydrogens (tertiary/aromatic N) is 1. The summed E-state index contributed by atoms with van der Waals surface area (Å²) in [5, 5.41) is 1.58. The molecule has 0 saturated carbocycles. The van der Waals surface area contributed by atoms with Crippen molar-refractivity contribution >= 4 is 23.7 Å². The highest BCUT2D eigenvalue weighted by molar-refractivity contribution is 6.22. The highest BCUT2D eigenvalue weighted by Gasteiger charge is 2.43. The first-order valence-corrected chi connectivity index (χ1v) is 9.18. The van der Waals surface area contributed by atoms with Gasteiger partial charge in [-0.3, -0.25) is 19.3 Å². The number of nitrogens with one attached hydrogen (secondary N) is 1. The number of alkyl halides is 3. The van der Waals surface area contributed by atoms with Crippen LogP contribution in [0.5, 0.6) is 0 Å². The summed E-state index contributed by atoms with van der Waals surface area (Å²) < 4.78 is 41.5. The minimum Gasteiger partial charge on any atom is -0.454 e. The lowest BCUT2D eigenvalue weighted by Crippen LogP contribution is -2.47. The summed E-state index contributed by atoms with van der Waals surface area (Å²) in [7, 11) is 0. The van der Waals surface area contributed by atoms with E-state index >= 15 is 0 Å². The number of fused-ring (bicyclic) bond motifs is 1. The number of ether oxygens (including phenoxy) is 1. The van der Waals surface area contributed by atoms with Crippen molar-refractivity contribution in [3.8, 4) is 0 Å². The zero-order valence-electron chi connectivity index (χ0n) is 16.0. The topological polar surface area (TPSA) is 92.8 Å². The number of esters is 1. The van der Waals surface area contributed by atoms with Crippen LogP contribution in [-0.4, -0.2) is 54.0 Å². The van der Waals surface area contributed by atoms with Crippen LogP contribution >= 0.6 is 0 Å². The number of halogens is 3. The van der Waals surface area contributed by atoms with Crippen LogP contribution in [0.4, 0.5) is 13.2 Å². The molecule has 10 heteroatoms. The number of carbonyl (C=O) groups is 4. The molecule has 2 aromatic rings. The Morgan fingerprint density at radius 1 is 0.935 bits per heavy atom. The van der Waals surface area contributed by atoms with Gasteiger partial charge in [0.05, 0.1) is 11.1 Å². The van der Waals surface area contributed by atoms with Crippen LogP contribution in [0, 0.1) is 0 Å². The summed E-state index contributed by atoms with van der Waals surface area (Å²) >= 11 is 0. The second-order valence-corrected chi connectivity index (χ2v) is 6.73. The smallest absolute Gasteiger partial charge is 0.405 e. The van der Waals surface area contributed by atoms with E-state index in [0.717, 1.165) is 4.90 Å². The molecule has 1 aliphatic rings. The molecule has 0 radical (unpaired) electrons. The maximum absolute atomic E-state index is 12.8. The predicted octanol–water partition coefficient (Wildman–Crippen LogP) is 2.12. The van der Waals surface area contributed by atoms with Gasteiger partial charge in [0.1, 0.15) is 12.6 Å². The number of amides is 3. The van der Waals surface area contributed by atoms with Crippen LogP contribution < -0.4 is 5.32 Å². The second kappa shape index (κ2) is 8.99. The van der Waals surface area contributed by atoms with E-state index in [1.807, 2.05) is 0 Å². The minimum absolute atomic E-state index is 0.0880. The lowest BCUT2D eigenvalue weighted by atomic mass is 10.0. The Morgan fingerprint density at radius 3 is 2.03 bits per heavy atom. The lowest BCUT2D eigenvalue weighted by molar-refractivity contribution is -0.154. The Bertz CT molecular complexity index is 973. The first-order valence-electron chi connectivity index (χ1n) is 9.18. The molecule has 1 aliphatic heterocycles. The molecule has 1 heterocycles. The van der Waals surface area contributed by atoms with Gasteiger partial charge in [0, 0.05) is 6.42 Å². The third-order valence-electron chi connectivity index (χ3n) is 4.51. The average Bonchev–Trinajstić information content (AvgIpc) is 2.99. The van der Waals surface area contributed by atoms with Crippen molar-refractivity contribution in [2.45, 2.75) is 18.6 Å². The molecule has 0 saturated heterocycles. The number of hydrogen-bond acceptors (Lipinski definition) is 5. The molecule has 0 fully saturated rings. The Balaban J connectivity index is 1.78. The number of carbonyl (C=O) groups excluding carboxylic acids is 4. The molecule has 1 N–H and O–H groups in total. The van der Waals surface area contributed by atoms with Gasteiger partial charge < -0.3 is 10.1 Å². The molecule has 0 spiro atoms. The van der Waals surface area contributed by atoms with E-state index in [2.05, 4.69) is 0 Å². The molecule has 31 heavy (non-hydrogen) atoms. The van der Waals surface area contributed by atoms with Crippen LogP contribution in [0.1, 0.15) is 26.3 Å². The van der Waals surface area contributed by atoms with Crippen LogP contribution in [0.2, 0.25) is 0 Å². The summed E-state index contributed by atoms with van der Waals surface area (Å²) in [6.07, 6.45) is -4.70. The summed E-state index contributed by atoms with van der Waals surface area (Å²) in [6.45, 7) is -2.56. The number of imide groups is 1. The largest absolute Gasteiger partial charge is 0.454 e. The van der Waals surface area contributed by atoms with Crippen LogP contribution in [0.15, 0.2) is 54.6 Å². The number of rotatable bonds is 7. The van der Waals surface area contributed by atoms with Crippen molar-refractivity contribution in [3.05, 3.63) is 71.3 Å². The van der Waals surface area contributed by atoms with Gasteiger partial charge >= 0.3 is 12.1 Å². The molecule has 1 atom stereocenters. The van der Waals surface area contributed by atoms with E-state index in [9.17, 15) is 32.3 Å². The number of benzene rings is 2. The van der Waals surface area contributed by atoms with Gasteiger partial charge in [0.25, 0.3) is 17.7 Å². The van der Waals surface area contributed by atoms with Gasteiger partial charge in [-0.05, 0) is 17.7 Å². The molecule has 2 aromatic carbocycles. The molecule has 0 aromatic heterocycles. The average molecular weight is 434 g/mol. The van der Waals surface area contributed by atoms with E-state index in [1.165, 1.54) is 12.1 Å². The Hall–Kier alpha value is -3.69. The molecule has 3 rings (SSSR count). The van der Waals surface area contributed by atoms with Gasteiger partial charge in [-0.2, -0.15) is 13.2 Å². The molecule has 1 unspecified atom stereocenters. The standard InChI is InChI=1S/C21H17F3N2O5/c22-21(23,24)12-25-17(27)11-31-20(30)16(10-13-6-2-1-3-7-13)26-18(28)14-8-4-5-9-15(14)19(26)29/h1-9,16H,10-12H2,(H,25,27). The van der Waals surface area contributed by atoms with Crippen molar-refractivity contribution in [1.82, 2.24) is 10.2 Å². The first-order chi connectivity index (χ1) is 14.7. The second-order valence-electron chi connectivity index (χ2n) is 6.73. The van der Waals surface area contributed by atoms with E-state index in [1.54, 1.807) is 47.8 Å². The maximum atomic E-state index is 12.8. The highest BCUT2D eigenvalue weighted by Crippen LogP contribution is 2.26. The van der Waals surface area contributed by atoms with E-state index < -0.39 is 49.1 Å². The fourth-order valence-electron chi connectivity index (χ4n) is 3.09. The Morgan fingerprint density at radius 2 is 1.48 bits per heavy atom. The molecule has 3 amide bonds. The third-order valence-corrected chi connectivity index (χ3v) is 4.51. The maximum Gasteiger partial charge on any atom is 0.405 e. The van der Waals surface area contributed by atoms with Crippen molar-refractivity contribution in [2.24, 2.45) is 0 Å². The normalized spacial score (nSPS) is 14.2. The molecule has 162 valence electrons. The minimum atomic E-state index is -4.62. The van der Waals surface area contributed by atoms with Crippen molar-refractivity contribution in [3.63, 3.8) is 0 Å². The monoisotopic (exact) mass is 434 g/mol. The van der Waals surface area contributed by atoms with Crippen LogP contribution in [0.3, 0.4) is 0 Å². The summed E-state index contributed by atoms with van der Waals surface area (Å²) in [6, 6.07) is 13.1. The third kappa shape index (κ3) is 5.27. The van der Waals surface area contributed by atoms with Gasteiger partial charge in [-0.25, -0.2) is 4.79 Å². The molecule has 7 nitrogen and oxygen atoms in total. The highest BCUT2D eigenvalue weighted by atomic mass is 19.4. The lowest BCUT2D eigenvalue weighted by Gasteiger charge is -2.24. The summed E-state index contributed by atoms with van der Waals surface area (Å²) in [4.78, 5) is 50.6. The van der Waals surface area contributed by atoms with Crippen molar-refractivity contribution in [2.75, 3.05) is 13.2 Å². The quantitative estimate of drug-likeness (QED) is 0.532. The predicted molar refractivity (Wildman–Crippen MR) is 101 cm³/mol. The Kier molecular flexibility index (Phi) is 6.38. The zero-order chi connectivity index (χ0) is 22.6. The molecular weight excluding hydrogens is 417 g/mol. The summed E-state index contributed by atoms with van der Waals surface area (Å²) in [5.41, 5.74) is 0.866. The molecular formula is C21H17F3N2O5. The Labute approximate surface area is 174 Å². The van der Waals surface area contributed by atoms with Gasteiger partial charge in [-0.15, -0.1) is 0 Å². The van der Waals surface area contributed by atoms with Crippen molar-refractivity contribution in [1.29, 1.82) is 0 Å². The fraction of sp³-hybridized carbons (Fsp3) is 0.238. The van der Waals surface area contributed by atoms with E-state index in [-0.39, 0.29) is 17.5 Å². The summed E-state index contributed by atoms with van der Waals surface area (Å²) in [5.74, 6) is -3.63. The van der Waals surface area contributed by atoms with Crippen LogP contribution in [0.25, 0.3) is 0 Å². The van der Waals surface area contributed by atoms with Crippen LogP contribution in [-0.2, 0) is 20.7 Å². The first kappa shape index (κ1) is 22.0. The number of hydrogen-bond donors (Lipinski definition) is 1.